The highest BCUT2D eigenvalue weighted by Crippen LogP contribution is 2.34. The van der Waals surface area contributed by atoms with Crippen molar-refractivity contribution in [1.82, 2.24) is 5.32 Å². The maximum absolute atomic E-state index is 12.4. The summed E-state index contributed by atoms with van der Waals surface area (Å²) in [5.41, 5.74) is -0.0241. The highest BCUT2D eigenvalue weighted by molar-refractivity contribution is 14.1. The molecule has 3 nitrogen and oxygen atoms in total. The zero-order chi connectivity index (χ0) is 14.8. The molecule has 1 fully saturated rings. The minimum atomic E-state index is -0.343. The molecule has 2 rings (SSSR count). The Kier molecular flexibility index (Phi) is 5.18. The molecular weight excluding hydrogens is 389 g/mol. The largest absolute Gasteiger partial charge is 0.507 e. The van der Waals surface area contributed by atoms with Crippen molar-refractivity contribution in [2.45, 2.75) is 38.1 Å². The Hall–Kier alpha value is -0.490. The van der Waals surface area contributed by atoms with Crippen LogP contribution in [-0.4, -0.2) is 22.4 Å². The Morgan fingerprint density at radius 3 is 3.00 bits per heavy atom. The average molecular weight is 408 g/mol. The molecule has 20 heavy (non-hydrogen) atoms. The van der Waals surface area contributed by atoms with Crippen LogP contribution in [0.2, 0.25) is 0 Å². The summed E-state index contributed by atoms with van der Waals surface area (Å²) in [4.78, 5) is 12.4. The Labute approximate surface area is 138 Å². The molecule has 2 unspecified atom stereocenters. The molecule has 0 aromatic heterocycles. The van der Waals surface area contributed by atoms with Gasteiger partial charge in [0.05, 0.1) is 11.1 Å². The van der Waals surface area contributed by atoms with Gasteiger partial charge in [-0.2, -0.15) is 0 Å². The number of phenolic OH excluding ortho intramolecular Hbond substituents is 1. The number of nitrogens with one attached hydrogen (secondary N) is 1. The van der Waals surface area contributed by atoms with Crippen LogP contribution in [-0.2, 0) is 0 Å². The molecule has 110 valence electrons. The molecule has 1 saturated carbocycles. The first-order chi connectivity index (χ1) is 9.46. The first kappa shape index (κ1) is 15.9. The molecule has 0 heterocycles. The van der Waals surface area contributed by atoms with E-state index in [4.69, 9.17) is 11.6 Å². The lowest BCUT2D eigenvalue weighted by Crippen LogP contribution is -2.52. The summed E-state index contributed by atoms with van der Waals surface area (Å²) in [5.74, 6) is 0.743. The molecule has 0 saturated heterocycles. The second kappa shape index (κ2) is 6.52. The fraction of sp³-hybridized carbons (Fsp3) is 0.533. The van der Waals surface area contributed by atoms with E-state index in [2.05, 4.69) is 34.8 Å². The van der Waals surface area contributed by atoms with Gasteiger partial charge >= 0.3 is 0 Å². The van der Waals surface area contributed by atoms with Crippen LogP contribution in [0.25, 0.3) is 0 Å². The van der Waals surface area contributed by atoms with Crippen LogP contribution < -0.4 is 5.32 Å². The van der Waals surface area contributed by atoms with Crippen molar-refractivity contribution >= 4 is 40.1 Å². The average Bonchev–Trinajstić information content (AvgIpc) is 2.41. The van der Waals surface area contributed by atoms with Gasteiger partial charge in [0.2, 0.25) is 0 Å². The van der Waals surface area contributed by atoms with E-state index in [0.29, 0.717) is 17.4 Å². The molecule has 2 N–H and O–H groups in total. The quantitative estimate of drug-likeness (QED) is 0.589. The Morgan fingerprint density at radius 2 is 2.35 bits per heavy atom. The highest BCUT2D eigenvalue weighted by atomic mass is 127. The van der Waals surface area contributed by atoms with Crippen LogP contribution in [0.4, 0.5) is 0 Å². The molecule has 1 aliphatic carbocycles. The van der Waals surface area contributed by atoms with E-state index in [1.165, 1.54) is 6.42 Å². The topological polar surface area (TPSA) is 49.3 Å². The number of carbonyl (C=O) groups excluding carboxylic acids is 1. The van der Waals surface area contributed by atoms with Crippen LogP contribution in [0.5, 0.6) is 5.75 Å². The normalized spacial score (nSPS) is 26.2. The molecule has 5 heteroatoms. The van der Waals surface area contributed by atoms with Crippen LogP contribution >= 0.6 is 34.2 Å². The van der Waals surface area contributed by atoms with E-state index in [1.807, 2.05) is 0 Å². The van der Waals surface area contributed by atoms with Gasteiger partial charge in [0.25, 0.3) is 5.91 Å². The van der Waals surface area contributed by atoms with Gasteiger partial charge in [-0.25, -0.2) is 0 Å². The first-order valence-electron chi connectivity index (χ1n) is 6.83. The number of benzene rings is 1. The van der Waals surface area contributed by atoms with Crippen molar-refractivity contribution in [3.05, 3.63) is 27.3 Å². The molecule has 0 bridgehead atoms. The number of phenols is 1. The predicted octanol–water partition coefficient (Wildman–Crippen LogP) is 3.91. The lowest BCUT2D eigenvalue weighted by Gasteiger charge is -2.39. The first-order valence-corrected chi connectivity index (χ1v) is 8.44. The Balaban J connectivity index is 2.19. The van der Waals surface area contributed by atoms with E-state index in [-0.39, 0.29) is 17.2 Å². The van der Waals surface area contributed by atoms with Crippen molar-refractivity contribution in [1.29, 1.82) is 0 Å². The molecule has 1 amide bonds. The third kappa shape index (κ3) is 3.58. The number of amides is 1. The van der Waals surface area contributed by atoms with Gasteiger partial charge in [-0.05, 0) is 59.5 Å². The van der Waals surface area contributed by atoms with Crippen LogP contribution in [0, 0.1) is 9.49 Å². The van der Waals surface area contributed by atoms with Gasteiger partial charge in [-0.3, -0.25) is 4.79 Å². The van der Waals surface area contributed by atoms with Crippen molar-refractivity contribution in [3.8, 4) is 5.75 Å². The van der Waals surface area contributed by atoms with Crippen molar-refractivity contribution in [3.63, 3.8) is 0 Å². The number of halogens is 2. The van der Waals surface area contributed by atoms with Gasteiger partial charge < -0.3 is 10.4 Å². The predicted molar refractivity (Wildman–Crippen MR) is 89.4 cm³/mol. The van der Waals surface area contributed by atoms with Gasteiger partial charge in [-0.1, -0.05) is 19.8 Å². The van der Waals surface area contributed by atoms with Crippen LogP contribution in [0.1, 0.15) is 43.0 Å². The molecule has 0 aliphatic heterocycles. The number of hydrogen-bond donors (Lipinski definition) is 2. The zero-order valence-corrected chi connectivity index (χ0v) is 14.4. The summed E-state index contributed by atoms with van der Waals surface area (Å²) in [6.07, 6.45) is 4.06. The molecular formula is C15H19ClINO2. The minimum absolute atomic E-state index is 0.0106. The minimum Gasteiger partial charge on any atom is -0.507 e. The van der Waals surface area contributed by atoms with E-state index >= 15 is 0 Å². The lowest BCUT2D eigenvalue weighted by molar-refractivity contribution is 0.0864. The molecule has 1 aromatic rings. The molecule has 1 aliphatic rings. The number of carbonyl (C=O) groups is 1. The highest BCUT2D eigenvalue weighted by Gasteiger charge is 2.36. The Morgan fingerprint density at radius 1 is 1.60 bits per heavy atom. The maximum atomic E-state index is 12.4. The van der Waals surface area contributed by atoms with E-state index in [1.54, 1.807) is 18.2 Å². The van der Waals surface area contributed by atoms with Crippen LogP contribution in [0.3, 0.4) is 0 Å². The van der Waals surface area contributed by atoms with Gasteiger partial charge in [0.1, 0.15) is 5.75 Å². The number of aromatic hydroxyl groups is 1. The molecule has 0 spiro atoms. The Bertz CT molecular complexity index is 509. The standard InChI is InChI=1S/C15H19ClINO2/c1-10-3-2-6-15(8-10,9-16)18-14(20)12-7-11(17)4-5-13(12)19/h4-5,7,10,19H,2-3,6,8-9H2,1H3,(H,18,20). The number of rotatable bonds is 3. The summed E-state index contributed by atoms with van der Waals surface area (Å²) in [6, 6.07) is 5.01. The fourth-order valence-corrected chi connectivity index (χ4v) is 3.73. The SMILES string of the molecule is CC1CCCC(CCl)(NC(=O)c2cc(I)ccc2O)C1. The third-order valence-electron chi connectivity index (χ3n) is 3.93. The van der Waals surface area contributed by atoms with E-state index < -0.39 is 0 Å². The third-order valence-corrected chi connectivity index (χ3v) is 5.11. The molecule has 0 radical (unpaired) electrons. The van der Waals surface area contributed by atoms with E-state index in [0.717, 1.165) is 22.8 Å². The molecule has 2 atom stereocenters. The summed E-state index contributed by atoms with van der Waals surface area (Å²) < 4.78 is 0.919. The van der Waals surface area contributed by atoms with E-state index in [9.17, 15) is 9.90 Å². The van der Waals surface area contributed by atoms with Gasteiger partial charge in [0, 0.05) is 9.45 Å². The smallest absolute Gasteiger partial charge is 0.255 e. The number of hydrogen-bond acceptors (Lipinski definition) is 2. The second-order valence-corrected chi connectivity index (χ2v) is 7.24. The molecule has 1 aromatic carbocycles. The second-order valence-electron chi connectivity index (χ2n) is 5.73. The van der Waals surface area contributed by atoms with Gasteiger partial charge in [0.15, 0.2) is 0 Å². The lowest BCUT2D eigenvalue weighted by atomic mass is 9.77. The van der Waals surface area contributed by atoms with Crippen molar-refractivity contribution < 1.29 is 9.90 Å². The summed E-state index contributed by atoms with van der Waals surface area (Å²) in [6.45, 7) is 2.19. The number of alkyl halides is 1. The van der Waals surface area contributed by atoms with Gasteiger partial charge in [-0.15, -0.1) is 11.6 Å². The van der Waals surface area contributed by atoms with Crippen molar-refractivity contribution in [2.75, 3.05) is 5.88 Å². The summed E-state index contributed by atoms with van der Waals surface area (Å²) in [5, 5.41) is 12.9. The monoisotopic (exact) mass is 407 g/mol. The zero-order valence-electron chi connectivity index (χ0n) is 11.5. The fourth-order valence-electron chi connectivity index (χ4n) is 2.93. The van der Waals surface area contributed by atoms with Crippen molar-refractivity contribution in [2.24, 2.45) is 5.92 Å². The summed E-state index contributed by atoms with van der Waals surface area (Å²) >= 11 is 8.25. The maximum Gasteiger partial charge on any atom is 0.255 e. The summed E-state index contributed by atoms with van der Waals surface area (Å²) in [7, 11) is 0. The van der Waals surface area contributed by atoms with Crippen LogP contribution in [0.15, 0.2) is 18.2 Å².